The second-order valence-corrected chi connectivity index (χ2v) is 5.54. The van der Waals surface area contributed by atoms with E-state index in [0.29, 0.717) is 6.04 Å². The number of amides is 1. The molecule has 1 saturated carbocycles. The highest BCUT2D eigenvalue weighted by Crippen LogP contribution is 2.22. The molecule has 1 unspecified atom stereocenters. The van der Waals surface area contributed by atoms with Crippen LogP contribution in [0.3, 0.4) is 0 Å². The summed E-state index contributed by atoms with van der Waals surface area (Å²) in [5, 5.41) is 6.38. The Morgan fingerprint density at radius 1 is 1.35 bits per heavy atom. The third-order valence-corrected chi connectivity index (χ3v) is 3.90. The van der Waals surface area contributed by atoms with Crippen LogP contribution in [0.1, 0.15) is 38.2 Å². The predicted octanol–water partition coefficient (Wildman–Crippen LogP) is 2.86. The first-order chi connectivity index (χ1) is 9.60. The van der Waals surface area contributed by atoms with Crippen molar-refractivity contribution < 1.29 is 9.53 Å². The van der Waals surface area contributed by atoms with Crippen LogP contribution in [0.2, 0.25) is 0 Å². The minimum Gasteiger partial charge on any atom is -0.497 e. The molecule has 0 heterocycles. The SMILES string of the molecule is COc1ccc(NC(C)C(=O)NC2CCCC2)c(C)c1. The third-order valence-electron chi connectivity index (χ3n) is 3.90. The molecular weight excluding hydrogens is 252 g/mol. The third kappa shape index (κ3) is 3.65. The van der Waals surface area contributed by atoms with E-state index >= 15 is 0 Å². The van der Waals surface area contributed by atoms with Crippen molar-refractivity contribution in [3.63, 3.8) is 0 Å². The van der Waals surface area contributed by atoms with Gasteiger partial charge in [0.1, 0.15) is 11.8 Å². The molecular formula is C16H24N2O2. The van der Waals surface area contributed by atoms with Crippen LogP contribution in [0.15, 0.2) is 18.2 Å². The van der Waals surface area contributed by atoms with Crippen LogP contribution >= 0.6 is 0 Å². The standard InChI is InChI=1S/C16H24N2O2/c1-11-10-14(20-3)8-9-15(11)17-12(2)16(19)18-13-6-4-5-7-13/h8-10,12-13,17H,4-7H2,1-3H3,(H,18,19). The molecule has 4 heteroatoms. The van der Waals surface area contributed by atoms with E-state index in [1.165, 1.54) is 12.8 Å². The average Bonchev–Trinajstić information content (AvgIpc) is 2.93. The molecule has 1 amide bonds. The lowest BCUT2D eigenvalue weighted by Gasteiger charge is -2.19. The van der Waals surface area contributed by atoms with E-state index in [4.69, 9.17) is 4.74 Å². The topological polar surface area (TPSA) is 50.4 Å². The van der Waals surface area contributed by atoms with Crippen molar-refractivity contribution in [1.82, 2.24) is 5.32 Å². The van der Waals surface area contributed by atoms with E-state index in [2.05, 4.69) is 10.6 Å². The molecule has 0 spiro atoms. The van der Waals surface area contributed by atoms with Crippen LogP contribution in [-0.4, -0.2) is 25.1 Å². The average molecular weight is 276 g/mol. The molecule has 0 aliphatic heterocycles. The monoisotopic (exact) mass is 276 g/mol. The molecule has 1 aliphatic carbocycles. The Morgan fingerprint density at radius 2 is 2.05 bits per heavy atom. The van der Waals surface area contributed by atoms with Crippen molar-refractivity contribution in [2.24, 2.45) is 0 Å². The summed E-state index contributed by atoms with van der Waals surface area (Å²) in [6.07, 6.45) is 4.68. The first kappa shape index (κ1) is 14.7. The molecule has 0 saturated heterocycles. The van der Waals surface area contributed by atoms with Gasteiger partial charge in [-0.1, -0.05) is 12.8 Å². The second-order valence-electron chi connectivity index (χ2n) is 5.54. The Balaban J connectivity index is 1.92. The molecule has 20 heavy (non-hydrogen) atoms. The molecule has 110 valence electrons. The lowest BCUT2D eigenvalue weighted by molar-refractivity contribution is -0.122. The Labute approximate surface area is 120 Å². The number of hydrogen-bond donors (Lipinski definition) is 2. The summed E-state index contributed by atoms with van der Waals surface area (Å²) < 4.78 is 5.18. The minimum atomic E-state index is -0.234. The normalized spacial score (nSPS) is 16.8. The van der Waals surface area contributed by atoms with Crippen molar-refractivity contribution in [1.29, 1.82) is 0 Å². The second kappa shape index (κ2) is 6.64. The highest BCUT2D eigenvalue weighted by molar-refractivity contribution is 5.84. The fourth-order valence-electron chi connectivity index (χ4n) is 2.62. The summed E-state index contributed by atoms with van der Waals surface area (Å²) in [7, 11) is 1.65. The van der Waals surface area contributed by atoms with Crippen LogP contribution < -0.4 is 15.4 Å². The van der Waals surface area contributed by atoms with E-state index in [1.54, 1.807) is 7.11 Å². The van der Waals surface area contributed by atoms with Gasteiger partial charge in [-0.15, -0.1) is 0 Å². The zero-order valence-corrected chi connectivity index (χ0v) is 12.5. The fourth-order valence-corrected chi connectivity index (χ4v) is 2.62. The van der Waals surface area contributed by atoms with Gasteiger partial charge in [0.05, 0.1) is 7.11 Å². The molecule has 0 bridgehead atoms. The molecule has 1 aromatic carbocycles. The van der Waals surface area contributed by atoms with Gasteiger partial charge in [-0.25, -0.2) is 0 Å². The number of rotatable bonds is 5. The van der Waals surface area contributed by atoms with Crippen LogP contribution in [0, 0.1) is 6.92 Å². The number of carbonyl (C=O) groups excluding carboxylic acids is 1. The largest absolute Gasteiger partial charge is 0.497 e. The van der Waals surface area contributed by atoms with E-state index in [9.17, 15) is 4.79 Å². The summed E-state index contributed by atoms with van der Waals surface area (Å²) in [5.74, 6) is 0.906. The highest BCUT2D eigenvalue weighted by Gasteiger charge is 2.20. The molecule has 1 atom stereocenters. The van der Waals surface area contributed by atoms with Gasteiger partial charge < -0.3 is 15.4 Å². The van der Waals surface area contributed by atoms with Crippen molar-refractivity contribution >= 4 is 11.6 Å². The van der Waals surface area contributed by atoms with Crippen LogP contribution in [0.4, 0.5) is 5.69 Å². The zero-order chi connectivity index (χ0) is 14.5. The Hall–Kier alpha value is -1.71. The van der Waals surface area contributed by atoms with Crippen molar-refractivity contribution in [3.05, 3.63) is 23.8 Å². The summed E-state index contributed by atoms with van der Waals surface area (Å²) in [6.45, 7) is 3.90. The number of benzene rings is 1. The quantitative estimate of drug-likeness (QED) is 0.869. The molecule has 1 fully saturated rings. The number of hydrogen-bond acceptors (Lipinski definition) is 3. The van der Waals surface area contributed by atoms with Crippen LogP contribution in [0.25, 0.3) is 0 Å². The lowest BCUT2D eigenvalue weighted by atomic mass is 10.1. The number of methoxy groups -OCH3 is 1. The number of ether oxygens (including phenoxy) is 1. The van der Waals surface area contributed by atoms with E-state index < -0.39 is 0 Å². The van der Waals surface area contributed by atoms with Crippen LogP contribution in [-0.2, 0) is 4.79 Å². The Morgan fingerprint density at radius 3 is 2.65 bits per heavy atom. The number of anilines is 1. The first-order valence-corrected chi connectivity index (χ1v) is 7.31. The van der Waals surface area contributed by atoms with Gasteiger partial charge in [-0.3, -0.25) is 4.79 Å². The highest BCUT2D eigenvalue weighted by atomic mass is 16.5. The van der Waals surface area contributed by atoms with E-state index in [-0.39, 0.29) is 11.9 Å². The molecule has 0 radical (unpaired) electrons. The summed E-state index contributed by atoms with van der Waals surface area (Å²) in [4.78, 5) is 12.1. The van der Waals surface area contributed by atoms with Gasteiger partial charge in [0, 0.05) is 11.7 Å². The maximum Gasteiger partial charge on any atom is 0.242 e. The van der Waals surface area contributed by atoms with Crippen molar-refractivity contribution in [2.45, 2.75) is 51.6 Å². The molecule has 4 nitrogen and oxygen atoms in total. The smallest absolute Gasteiger partial charge is 0.242 e. The Kier molecular flexibility index (Phi) is 4.88. The van der Waals surface area contributed by atoms with E-state index in [1.807, 2.05) is 32.0 Å². The predicted molar refractivity (Wildman–Crippen MR) is 81.2 cm³/mol. The van der Waals surface area contributed by atoms with Gasteiger partial charge in [0.25, 0.3) is 0 Å². The maximum atomic E-state index is 12.1. The molecule has 1 aliphatic rings. The molecule has 0 aromatic heterocycles. The minimum absolute atomic E-state index is 0.0760. The fraction of sp³-hybridized carbons (Fsp3) is 0.562. The summed E-state index contributed by atoms with van der Waals surface area (Å²) in [6, 6.07) is 5.94. The van der Waals surface area contributed by atoms with Crippen molar-refractivity contribution in [2.75, 3.05) is 12.4 Å². The van der Waals surface area contributed by atoms with E-state index in [0.717, 1.165) is 29.8 Å². The first-order valence-electron chi connectivity index (χ1n) is 7.31. The Bertz CT molecular complexity index is 468. The van der Waals surface area contributed by atoms with Gasteiger partial charge in [0.15, 0.2) is 0 Å². The van der Waals surface area contributed by atoms with Crippen molar-refractivity contribution in [3.8, 4) is 5.75 Å². The van der Waals surface area contributed by atoms with Gasteiger partial charge >= 0.3 is 0 Å². The molecule has 1 aromatic rings. The number of nitrogens with one attached hydrogen (secondary N) is 2. The van der Waals surface area contributed by atoms with Crippen LogP contribution in [0.5, 0.6) is 5.75 Å². The lowest BCUT2D eigenvalue weighted by Crippen LogP contribution is -2.42. The van der Waals surface area contributed by atoms with Gasteiger partial charge in [-0.2, -0.15) is 0 Å². The molecule has 2 rings (SSSR count). The summed E-state index contributed by atoms with van der Waals surface area (Å²) >= 11 is 0. The molecule has 2 N–H and O–H groups in total. The number of carbonyl (C=O) groups is 1. The zero-order valence-electron chi connectivity index (χ0n) is 12.5. The van der Waals surface area contributed by atoms with Gasteiger partial charge in [-0.05, 0) is 50.5 Å². The summed E-state index contributed by atoms with van der Waals surface area (Å²) in [5.41, 5.74) is 2.05. The number of aryl methyl sites for hydroxylation is 1. The maximum absolute atomic E-state index is 12.1. The van der Waals surface area contributed by atoms with Gasteiger partial charge in [0.2, 0.25) is 5.91 Å².